The molecule has 0 aliphatic carbocycles. The molecule has 12 heavy (non-hydrogen) atoms. The number of hydrogen-bond acceptors (Lipinski definition) is 4. The molecule has 0 aromatic carbocycles. The van der Waals surface area contributed by atoms with Crippen molar-refractivity contribution in [1.82, 2.24) is 0 Å². The number of unbranched alkanes of at least 4 members (excludes halogenated alkanes) is 2. The van der Waals surface area contributed by atoms with E-state index in [-0.39, 0.29) is 6.42 Å². The molecule has 0 atom stereocenters. The fourth-order valence-corrected chi connectivity index (χ4v) is 0.708. The van der Waals surface area contributed by atoms with E-state index in [0.717, 1.165) is 6.29 Å². The zero-order valence-electron chi connectivity index (χ0n) is 7.04. The molecule has 0 rings (SSSR count). The highest BCUT2D eigenvalue weighted by Gasteiger charge is 2.04. The molecule has 0 N–H and O–H groups in total. The van der Waals surface area contributed by atoms with Crippen LogP contribution in [0.1, 0.15) is 32.6 Å². The predicted molar refractivity (Wildman–Crippen MR) is 41.3 cm³/mol. The van der Waals surface area contributed by atoms with Crippen LogP contribution in [-0.2, 0) is 19.1 Å². The zero-order valence-corrected chi connectivity index (χ0v) is 7.04. The van der Waals surface area contributed by atoms with Gasteiger partial charge in [-0.1, -0.05) is 0 Å². The van der Waals surface area contributed by atoms with Crippen molar-refractivity contribution in [1.29, 1.82) is 0 Å². The van der Waals surface area contributed by atoms with Crippen molar-refractivity contribution in [3.05, 3.63) is 0 Å². The smallest absolute Gasteiger partial charge is 0.313 e. The second-order valence-electron chi connectivity index (χ2n) is 2.38. The van der Waals surface area contributed by atoms with Crippen molar-refractivity contribution in [2.75, 3.05) is 0 Å². The summed E-state index contributed by atoms with van der Waals surface area (Å²) in [6.45, 7) is 1.18. The number of rotatable bonds is 5. The fraction of sp³-hybridized carbons (Fsp3) is 0.625. The molecular weight excluding hydrogens is 160 g/mol. The summed E-state index contributed by atoms with van der Waals surface area (Å²) in [6.07, 6.45) is 2.71. The Labute approximate surface area is 70.9 Å². The highest BCUT2D eigenvalue weighted by molar-refractivity contribution is 5.83. The molecule has 4 heteroatoms. The first-order valence-corrected chi connectivity index (χ1v) is 3.81. The highest BCUT2D eigenvalue weighted by atomic mass is 16.6. The molecule has 0 unspecified atom stereocenters. The Balaban J connectivity index is 3.31. The van der Waals surface area contributed by atoms with Gasteiger partial charge < -0.3 is 9.53 Å². The SMILES string of the molecule is CC(=O)OC(=O)CCCCC=O. The second-order valence-corrected chi connectivity index (χ2v) is 2.38. The van der Waals surface area contributed by atoms with E-state index in [1.807, 2.05) is 0 Å². The summed E-state index contributed by atoms with van der Waals surface area (Å²) in [6, 6.07) is 0. The number of hydrogen-bond donors (Lipinski definition) is 0. The molecule has 0 aromatic rings. The largest absolute Gasteiger partial charge is 0.393 e. The van der Waals surface area contributed by atoms with Crippen LogP contribution in [0.3, 0.4) is 0 Å². The Bertz CT molecular complexity index is 174. The lowest BCUT2D eigenvalue weighted by molar-refractivity contribution is -0.158. The Morgan fingerprint density at radius 1 is 1.33 bits per heavy atom. The first-order valence-electron chi connectivity index (χ1n) is 3.81. The summed E-state index contributed by atoms with van der Waals surface area (Å²) in [5.74, 6) is -1.11. The van der Waals surface area contributed by atoms with Crippen LogP contribution in [-0.4, -0.2) is 18.2 Å². The van der Waals surface area contributed by atoms with Crippen LogP contribution in [0.15, 0.2) is 0 Å². The van der Waals surface area contributed by atoms with E-state index < -0.39 is 11.9 Å². The number of carbonyl (C=O) groups is 3. The Morgan fingerprint density at radius 2 is 2.00 bits per heavy atom. The average molecular weight is 172 g/mol. The molecule has 0 aliphatic rings. The minimum atomic E-state index is -0.588. The number of esters is 2. The van der Waals surface area contributed by atoms with Gasteiger partial charge in [-0.25, -0.2) is 0 Å². The van der Waals surface area contributed by atoms with Crippen LogP contribution in [0.25, 0.3) is 0 Å². The van der Waals surface area contributed by atoms with E-state index in [9.17, 15) is 14.4 Å². The normalized spacial score (nSPS) is 9.08. The maximum atomic E-state index is 10.7. The van der Waals surface area contributed by atoms with Gasteiger partial charge in [-0.05, 0) is 12.8 Å². The Hall–Kier alpha value is -1.19. The molecule has 0 bridgehead atoms. The van der Waals surface area contributed by atoms with Crippen molar-refractivity contribution in [3.63, 3.8) is 0 Å². The number of carbonyl (C=O) groups excluding carboxylic acids is 3. The van der Waals surface area contributed by atoms with E-state index >= 15 is 0 Å². The molecule has 0 aliphatic heterocycles. The lowest BCUT2D eigenvalue weighted by atomic mass is 10.2. The van der Waals surface area contributed by atoms with Gasteiger partial charge in [0.15, 0.2) is 0 Å². The molecule has 4 nitrogen and oxygen atoms in total. The van der Waals surface area contributed by atoms with Crippen LogP contribution in [0.5, 0.6) is 0 Å². The molecular formula is C8H12O4. The molecule has 0 fully saturated rings. The van der Waals surface area contributed by atoms with E-state index in [0.29, 0.717) is 19.3 Å². The minimum Gasteiger partial charge on any atom is -0.393 e. The third kappa shape index (κ3) is 6.92. The third-order valence-corrected chi connectivity index (χ3v) is 1.21. The lowest BCUT2D eigenvalue weighted by Gasteiger charge is -1.97. The van der Waals surface area contributed by atoms with Crippen molar-refractivity contribution < 1.29 is 19.1 Å². The van der Waals surface area contributed by atoms with E-state index in [1.165, 1.54) is 6.92 Å². The molecule has 0 saturated heterocycles. The van der Waals surface area contributed by atoms with Gasteiger partial charge in [0.2, 0.25) is 0 Å². The van der Waals surface area contributed by atoms with Crippen molar-refractivity contribution >= 4 is 18.2 Å². The molecule has 0 aromatic heterocycles. The first-order chi connectivity index (χ1) is 5.66. The monoisotopic (exact) mass is 172 g/mol. The van der Waals surface area contributed by atoms with Crippen LogP contribution < -0.4 is 0 Å². The summed E-state index contributed by atoms with van der Waals surface area (Å²) >= 11 is 0. The van der Waals surface area contributed by atoms with Crippen molar-refractivity contribution in [2.24, 2.45) is 0 Å². The van der Waals surface area contributed by atoms with Gasteiger partial charge in [0.1, 0.15) is 6.29 Å². The molecule has 0 amide bonds. The molecule has 68 valence electrons. The maximum absolute atomic E-state index is 10.7. The number of aldehydes is 1. The maximum Gasteiger partial charge on any atom is 0.313 e. The summed E-state index contributed by atoms with van der Waals surface area (Å²) in [7, 11) is 0. The topological polar surface area (TPSA) is 60.4 Å². The van der Waals surface area contributed by atoms with Crippen LogP contribution >= 0.6 is 0 Å². The van der Waals surface area contributed by atoms with Gasteiger partial charge in [0.05, 0.1) is 0 Å². The molecule has 0 spiro atoms. The van der Waals surface area contributed by atoms with Crippen molar-refractivity contribution in [3.8, 4) is 0 Å². The minimum absolute atomic E-state index is 0.202. The summed E-state index contributed by atoms with van der Waals surface area (Å²) in [4.78, 5) is 30.8. The van der Waals surface area contributed by atoms with E-state index in [1.54, 1.807) is 0 Å². The van der Waals surface area contributed by atoms with Gasteiger partial charge in [0, 0.05) is 19.8 Å². The summed E-state index contributed by atoms with van der Waals surface area (Å²) < 4.78 is 4.26. The predicted octanol–water partition coefficient (Wildman–Crippen LogP) is 0.835. The molecule has 0 saturated carbocycles. The third-order valence-electron chi connectivity index (χ3n) is 1.21. The average Bonchev–Trinajstić information content (AvgIpc) is 1.97. The molecule has 0 radical (unpaired) electrons. The van der Waals surface area contributed by atoms with Gasteiger partial charge in [-0.3, -0.25) is 9.59 Å². The Morgan fingerprint density at radius 3 is 2.50 bits per heavy atom. The quantitative estimate of drug-likeness (QED) is 0.267. The molecule has 0 heterocycles. The summed E-state index contributed by atoms with van der Waals surface area (Å²) in [5, 5.41) is 0. The van der Waals surface area contributed by atoms with E-state index in [2.05, 4.69) is 4.74 Å². The van der Waals surface area contributed by atoms with Gasteiger partial charge in [-0.15, -0.1) is 0 Å². The van der Waals surface area contributed by atoms with E-state index in [4.69, 9.17) is 0 Å². The van der Waals surface area contributed by atoms with Crippen molar-refractivity contribution in [2.45, 2.75) is 32.6 Å². The van der Waals surface area contributed by atoms with Crippen LogP contribution in [0, 0.1) is 0 Å². The Kier molecular flexibility index (Phi) is 5.87. The summed E-state index contributed by atoms with van der Waals surface area (Å²) in [5.41, 5.74) is 0. The van der Waals surface area contributed by atoms with Crippen LogP contribution in [0.4, 0.5) is 0 Å². The van der Waals surface area contributed by atoms with Gasteiger partial charge >= 0.3 is 11.9 Å². The first kappa shape index (κ1) is 10.8. The highest BCUT2D eigenvalue weighted by Crippen LogP contribution is 1.99. The number of ether oxygens (including phenoxy) is 1. The van der Waals surface area contributed by atoms with Gasteiger partial charge in [-0.2, -0.15) is 0 Å². The zero-order chi connectivity index (χ0) is 9.40. The van der Waals surface area contributed by atoms with Crippen LogP contribution in [0.2, 0.25) is 0 Å². The standard InChI is InChI=1S/C8H12O4/c1-7(10)12-8(11)5-3-2-4-6-9/h6H,2-5H2,1H3. The second kappa shape index (κ2) is 6.52. The fourth-order valence-electron chi connectivity index (χ4n) is 0.708. The van der Waals surface area contributed by atoms with Gasteiger partial charge in [0.25, 0.3) is 0 Å². The lowest BCUT2D eigenvalue weighted by Crippen LogP contribution is -2.08.